The molecule has 0 unspecified atom stereocenters. The molecule has 0 aliphatic heterocycles. The lowest BCUT2D eigenvalue weighted by Gasteiger charge is -2.12. The Hall–Kier alpha value is 0.180. The number of halogens is 1. The third-order valence-electron chi connectivity index (χ3n) is 0.798. The van der Waals surface area contributed by atoms with Gasteiger partial charge in [-0.25, -0.2) is 0 Å². The number of nitrogens with zero attached hydrogens (tertiary/aromatic N) is 1. The molecule has 0 atom stereocenters. The van der Waals surface area contributed by atoms with E-state index in [1.807, 2.05) is 13.8 Å². The minimum atomic E-state index is 0.368. The maximum atomic E-state index is 5.52. The van der Waals surface area contributed by atoms with Crippen LogP contribution in [-0.2, 0) is 0 Å². The van der Waals surface area contributed by atoms with Gasteiger partial charge < -0.3 is 0 Å². The van der Waals surface area contributed by atoms with Gasteiger partial charge in [0.05, 0.1) is 4.99 Å². The molecule has 8 heavy (non-hydrogen) atoms. The van der Waals surface area contributed by atoms with Gasteiger partial charge in [-0.2, -0.15) is 0 Å². The van der Waals surface area contributed by atoms with Gasteiger partial charge >= 0.3 is 0 Å². The predicted molar refractivity (Wildman–Crippen MR) is 41.1 cm³/mol. The summed E-state index contributed by atoms with van der Waals surface area (Å²) in [5, 5.41) is 0. The molecule has 0 fully saturated rings. The highest BCUT2D eigenvalue weighted by atomic mass is 35.5. The second kappa shape index (κ2) is 3.25. The van der Waals surface area contributed by atoms with E-state index >= 15 is 0 Å². The zero-order valence-electron chi connectivity index (χ0n) is 5.31. The molecule has 1 nitrogen and oxygen atoms in total. The van der Waals surface area contributed by atoms with Gasteiger partial charge in [0, 0.05) is 24.7 Å². The van der Waals surface area contributed by atoms with Crippen molar-refractivity contribution < 1.29 is 0 Å². The number of hydrogen-bond donors (Lipinski definition) is 0. The van der Waals surface area contributed by atoms with Crippen molar-refractivity contribution in [2.24, 2.45) is 5.92 Å². The molecule has 48 valence electrons. The summed E-state index contributed by atoms with van der Waals surface area (Å²) in [7, 11) is 1.74. The van der Waals surface area contributed by atoms with Gasteiger partial charge in [-0.1, -0.05) is 26.1 Å². The third kappa shape index (κ3) is 2.48. The molecule has 0 aliphatic carbocycles. The van der Waals surface area contributed by atoms with Crippen molar-refractivity contribution in [3.63, 3.8) is 0 Å². The average Bonchev–Trinajstić information content (AvgIpc) is 1.64. The van der Waals surface area contributed by atoms with E-state index in [4.69, 9.17) is 24.0 Å². The van der Waals surface area contributed by atoms with Crippen molar-refractivity contribution in [2.45, 2.75) is 13.8 Å². The highest BCUT2D eigenvalue weighted by molar-refractivity contribution is 7.80. The first-order valence-corrected chi connectivity index (χ1v) is 3.23. The molecule has 0 radical (unpaired) electrons. The molecular formula is C5H10ClNS. The van der Waals surface area contributed by atoms with E-state index in [1.54, 1.807) is 7.05 Å². The van der Waals surface area contributed by atoms with Crippen LogP contribution in [0.3, 0.4) is 0 Å². The monoisotopic (exact) mass is 151 g/mol. The van der Waals surface area contributed by atoms with Crippen LogP contribution in [0.2, 0.25) is 0 Å². The standard InChI is InChI=1S/C5H10ClNS/c1-4(2)5(8)7(3)6/h4H,1-3H3. The van der Waals surface area contributed by atoms with E-state index < -0.39 is 0 Å². The second-order valence-electron chi connectivity index (χ2n) is 1.97. The van der Waals surface area contributed by atoms with Crippen LogP contribution in [0.1, 0.15) is 13.8 Å². The number of hydrogen-bond acceptors (Lipinski definition) is 1. The fourth-order valence-corrected chi connectivity index (χ4v) is 0.551. The molecule has 0 aromatic carbocycles. The summed E-state index contributed by atoms with van der Waals surface area (Å²) in [6, 6.07) is 0. The molecule has 0 aromatic heterocycles. The van der Waals surface area contributed by atoms with Crippen LogP contribution < -0.4 is 0 Å². The molecular weight excluding hydrogens is 142 g/mol. The van der Waals surface area contributed by atoms with Gasteiger partial charge in [0.1, 0.15) is 0 Å². The van der Waals surface area contributed by atoms with Crippen molar-refractivity contribution >= 4 is 29.0 Å². The zero-order valence-corrected chi connectivity index (χ0v) is 6.88. The van der Waals surface area contributed by atoms with E-state index in [1.165, 1.54) is 4.42 Å². The molecule has 0 aliphatic rings. The van der Waals surface area contributed by atoms with Crippen LogP contribution in [-0.4, -0.2) is 16.5 Å². The summed E-state index contributed by atoms with van der Waals surface area (Å²) in [5.74, 6) is 0.368. The van der Waals surface area contributed by atoms with E-state index in [9.17, 15) is 0 Å². The van der Waals surface area contributed by atoms with Crippen molar-refractivity contribution in [2.75, 3.05) is 7.05 Å². The zero-order chi connectivity index (χ0) is 6.73. The van der Waals surface area contributed by atoms with E-state index in [0.717, 1.165) is 4.99 Å². The quantitative estimate of drug-likeness (QED) is 0.417. The van der Waals surface area contributed by atoms with Crippen LogP contribution in [0.5, 0.6) is 0 Å². The van der Waals surface area contributed by atoms with Gasteiger partial charge in [-0.05, 0) is 0 Å². The van der Waals surface area contributed by atoms with Crippen LogP contribution >= 0.6 is 24.0 Å². The van der Waals surface area contributed by atoms with E-state index in [0.29, 0.717) is 5.92 Å². The Morgan fingerprint density at radius 2 is 2.00 bits per heavy atom. The predicted octanol–water partition coefficient (Wildman–Crippen LogP) is 2.06. The maximum absolute atomic E-state index is 5.52. The molecule has 0 bridgehead atoms. The largest absolute Gasteiger partial charge is 0.282 e. The Morgan fingerprint density at radius 3 is 2.00 bits per heavy atom. The SMILES string of the molecule is CC(C)C(=S)N(C)Cl. The minimum Gasteiger partial charge on any atom is -0.282 e. The average molecular weight is 152 g/mol. The van der Waals surface area contributed by atoms with Crippen LogP contribution in [0.25, 0.3) is 0 Å². The van der Waals surface area contributed by atoms with Gasteiger partial charge in [0.25, 0.3) is 0 Å². The van der Waals surface area contributed by atoms with Gasteiger partial charge in [-0.3, -0.25) is 4.42 Å². The molecule has 0 N–H and O–H groups in total. The van der Waals surface area contributed by atoms with E-state index in [-0.39, 0.29) is 0 Å². The summed E-state index contributed by atoms with van der Waals surface area (Å²) < 4.78 is 1.44. The third-order valence-corrected chi connectivity index (χ3v) is 1.83. The summed E-state index contributed by atoms with van der Waals surface area (Å²) in [6.07, 6.45) is 0. The first kappa shape index (κ1) is 8.18. The Bertz CT molecular complexity index is 80.4. The van der Waals surface area contributed by atoms with Gasteiger partial charge in [-0.15, -0.1) is 0 Å². The lowest BCUT2D eigenvalue weighted by Crippen LogP contribution is -2.19. The van der Waals surface area contributed by atoms with Crippen molar-refractivity contribution in [3.8, 4) is 0 Å². The molecule has 0 spiro atoms. The maximum Gasteiger partial charge on any atom is 0.0948 e. The lowest BCUT2D eigenvalue weighted by atomic mass is 10.2. The Labute approximate surface area is 60.7 Å². The Morgan fingerprint density at radius 1 is 1.62 bits per heavy atom. The summed E-state index contributed by atoms with van der Waals surface area (Å²) in [6.45, 7) is 4.03. The molecule has 0 amide bonds. The highest BCUT2D eigenvalue weighted by Gasteiger charge is 2.03. The Balaban J connectivity index is 3.65. The second-order valence-corrected chi connectivity index (χ2v) is 2.90. The summed E-state index contributed by atoms with van der Waals surface area (Å²) in [4.78, 5) is 0.784. The lowest BCUT2D eigenvalue weighted by molar-refractivity contribution is 0.737. The highest BCUT2D eigenvalue weighted by Crippen LogP contribution is 2.02. The van der Waals surface area contributed by atoms with Crippen molar-refractivity contribution in [3.05, 3.63) is 0 Å². The smallest absolute Gasteiger partial charge is 0.0948 e. The van der Waals surface area contributed by atoms with Crippen molar-refractivity contribution in [1.82, 2.24) is 4.42 Å². The Kier molecular flexibility index (Phi) is 3.33. The minimum absolute atomic E-state index is 0.368. The fourth-order valence-electron chi connectivity index (χ4n) is 0.356. The normalized spacial score (nSPS) is 9.62. The summed E-state index contributed by atoms with van der Waals surface area (Å²) >= 11 is 10.4. The van der Waals surface area contributed by atoms with Crippen LogP contribution in [0.15, 0.2) is 0 Å². The van der Waals surface area contributed by atoms with E-state index in [2.05, 4.69) is 0 Å². The molecule has 0 aromatic rings. The van der Waals surface area contributed by atoms with Gasteiger partial charge in [0.15, 0.2) is 0 Å². The first-order valence-electron chi connectivity index (χ1n) is 2.49. The number of rotatable bonds is 1. The van der Waals surface area contributed by atoms with Crippen molar-refractivity contribution in [1.29, 1.82) is 0 Å². The van der Waals surface area contributed by atoms with Crippen LogP contribution in [0.4, 0.5) is 0 Å². The number of thiocarbonyl (C=S) groups is 1. The molecule has 0 saturated heterocycles. The topological polar surface area (TPSA) is 3.24 Å². The molecule has 3 heteroatoms. The molecule has 0 saturated carbocycles. The molecule has 0 rings (SSSR count). The van der Waals surface area contributed by atoms with Gasteiger partial charge in [0.2, 0.25) is 0 Å². The summed E-state index contributed by atoms with van der Waals surface area (Å²) in [5.41, 5.74) is 0. The molecule has 0 heterocycles. The van der Waals surface area contributed by atoms with Crippen LogP contribution in [0, 0.1) is 5.92 Å². The fraction of sp³-hybridized carbons (Fsp3) is 0.800. The first-order chi connectivity index (χ1) is 3.55.